The number of aryl methyl sites for hydroxylation is 2. The summed E-state index contributed by atoms with van der Waals surface area (Å²) in [5.74, 6) is -0.595. The van der Waals surface area contributed by atoms with Crippen molar-refractivity contribution in [1.82, 2.24) is 24.3 Å². The summed E-state index contributed by atoms with van der Waals surface area (Å²) in [5.41, 5.74) is 3.59. The molecule has 10 heteroatoms. The Morgan fingerprint density at radius 2 is 2.12 bits per heavy atom. The maximum atomic E-state index is 14.8. The molecule has 1 atom stereocenters. The Balaban J connectivity index is 1.69. The molecule has 0 radical (unpaired) electrons. The molecule has 9 nitrogen and oxygen atoms in total. The zero-order chi connectivity index (χ0) is 23.7. The molecule has 4 aromatic rings. The summed E-state index contributed by atoms with van der Waals surface area (Å²) in [6, 6.07) is 5.35. The smallest absolute Gasteiger partial charge is 0.247 e. The molecule has 3 heterocycles. The predicted molar refractivity (Wildman–Crippen MR) is 124 cm³/mol. The van der Waals surface area contributed by atoms with Gasteiger partial charge in [-0.3, -0.25) is 14.0 Å². The van der Waals surface area contributed by atoms with Crippen molar-refractivity contribution in [2.24, 2.45) is 0 Å². The lowest BCUT2D eigenvalue weighted by Gasteiger charge is -2.09. The number of aromatic nitrogens is 5. The number of nitrogens with zero attached hydrogens (tertiary/aromatic N) is 5. The van der Waals surface area contributed by atoms with E-state index in [-0.39, 0.29) is 17.7 Å². The molecule has 3 N–H and O–H groups in total. The van der Waals surface area contributed by atoms with Crippen molar-refractivity contribution in [2.45, 2.75) is 33.4 Å². The molecule has 0 aliphatic rings. The molecule has 0 aliphatic carbocycles. The highest BCUT2D eigenvalue weighted by Crippen LogP contribution is 2.28. The van der Waals surface area contributed by atoms with Crippen LogP contribution in [-0.2, 0) is 11.3 Å². The van der Waals surface area contributed by atoms with E-state index in [0.717, 1.165) is 22.7 Å². The topological polar surface area (TPSA) is 110 Å². The molecule has 4 rings (SSSR count). The van der Waals surface area contributed by atoms with Crippen molar-refractivity contribution in [3.05, 3.63) is 66.5 Å². The van der Waals surface area contributed by atoms with Crippen molar-refractivity contribution in [3.63, 3.8) is 0 Å². The van der Waals surface area contributed by atoms with Crippen LogP contribution in [0.25, 0.3) is 16.7 Å². The van der Waals surface area contributed by atoms with Crippen molar-refractivity contribution in [3.8, 4) is 5.82 Å². The van der Waals surface area contributed by atoms with Crippen LogP contribution < -0.4 is 10.6 Å². The standard InChI is InChI=1S/C23H24FN7O2/c1-5-21(33)26-16-6-7-20-17(8-16)13(2)10-31(20)22-18(24)9-25-23(28-22)27-19-12-30(11-14(3)32)29-15(19)4/h5-10,12,14,32H,1,11H2,2-4H3,(H,26,33)(H,25,27,28)/t14-/m1/s1. The molecular formula is C23H24FN7O2. The van der Waals surface area contributed by atoms with Crippen molar-refractivity contribution in [1.29, 1.82) is 0 Å². The van der Waals surface area contributed by atoms with Crippen LogP contribution >= 0.6 is 0 Å². The van der Waals surface area contributed by atoms with Gasteiger partial charge in [0, 0.05) is 23.5 Å². The van der Waals surface area contributed by atoms with Gasteiger partial charge in [0.2, 0.25) is 11.9 Å². The average Bonchev–Trinajstić information content (AvgIpc) is 3.27. The number of carbonyl (C=O) groups excluding carboxylic acids is 1. The summed E-state index contributed by atoms with van der Waals surface area (Å²) in [6.07, 6.45) is 5.29. The van der Waals surface area contributed by atoms with E-state index >= 15 is 0 Å². The van der Waals surface area contributed by atoms with E-state index in [1.54, 1.807) is 40.7 Å². The summed E-state index contributed by atoms with van der Waals surface area (Å²) in [7, 11) is 0. The number of aliphatic hydroxyl groups is 1. The second-order valence-corrected chi connectivity index (χ2v) is 7.80. The van der Waals surface area contributed by atoms with E-state index < -0.39 is 11.9 Å². The molecule has 33 heavy (non-hydrogen) atoms. The fraction of sp³-hybridized carbons (Fsp3) is 0.217. The molecular weight excluding hydrogens is 425 g/mol. The third-order valence-corrected chi connectivity index (χ3v) is 5.05. The molecule has 170 valence electrons. The minimum absolute atomic E-state index is 0.0857. The van der Waals surface area contributed by atoms with Crippen LogP contribution in [0.5, 0.6) is 0 Å². The van der Waals surface area contributed by atoms with E-state index in [4.69, 9.17) is 0 Å². The second kappa shape index (κ2) is 8.83. The van der Waals surface area contributed by atoms with Crippen molar-refractivity contribution >= 4 is 34.1 Å². The Morgan fingerprint density at radius 1 is 1.33 bits per heavy atom. The summed E-state index contributed by atoms with van der Waals surface area (Å²) >= 11 is 0. The van der Waals surface area contributed by atoms with E-state index in [9.17, 15) is 14.3 Å². The fourth-order valence-corrected chi connectivity index (χ4v) is 3.55. The summed E-state index contributed by atoms with van der Waals surface area (Å²) in [6.45, 7) is 9.20. The largest absolute Gasteiger partial charge is 0.391 e. The van der Waals surface area contributed by atoms with Crippen LogP contribution in [0.2, 0.25) is 0 Å². The summed E-state index contributed by atoms with van der Waals surface area (Å²) in [4.78, 5) is 20.1. The number of amides is 1. The van der Waals surface area contributed by atoms with Crippen LogP contribution in [-0.4, -0.2) is 41.4 Å². The third-order valence-electron chi connectivity index (χ3n) is 5.05. The first-order chi connectivity index (χ1) is 15.7. The Morgan fingerprint density at radius 3 is 2.85 bits per heavy atom. The fourth-order valence-electron chi connectivity index (χ4n) is 3.55. The van der Waals surface area contributed by atoms with Crippen LogP contribution in [0.4, 0.5) is 21.7 Å². The Kier molecular flexibility index (Phi) is 5.93. The molecule has 0 fully saturated rings. The van der Waals surface area contributed by atoms with Crippen molar-refractivity contribution in [2.75, 3.05) is 10.6 Å². The number of rotatable bonds is 7. The summed E-state index contributed by atoms with van der Waals surface area (Å²) in [5, 5.41) is 20.6. The van der Waals surface area contributed by atoms with Crippen LogP contribution in [0.1, 0.15) is 18.2 Å². The molecule has 0 unspecified atom stereocenters. The van der Waals surface area contributed by atoms with E-state index in [0.29, 0.717) is 23.6 Å². The van der Waals surface area contributed by atoms with Gasteiger partial charge in [-0.25, -0.2) is 9.37 Å². The number of aliphatic hydroxyl groups excluding tert-OH is 1. The van der Waals surface area contributed by atoms with Gasteiger partial charge in [-0.1, -0.05) is 6.58 Å². The first-order valence-corrected chi connectivity index (χ1v) is 10.3. The minimum Gasteiger partial charge on any atom is -0.391 e. The van der Waals surface area contributed by atoms with Gasteiger partial charge in [0.25, 0.3) is 0 Å². The highest BCUT2D eigenvalue weighted by molar-refractivity contribution is 6.00. The van der Waals surface area contributed by atoms with Crippen LogP contribution in [0, 0.1) is 19.7 Å². The van der Waals surface area contributed by atoms with Gasteiger partial charge >= 0.3 is 0 Å². The van der Waals surface area contributed by atoms with Gasteiger partial charge in [-0.05, 0) is 50.6 Å². The lowest BCUT2D eigenvalue weighted by atomic mass is 10.2. The van der Waals surface area contributed by atoms with Gasteiger partial charge in [0.1, 0.15) is 0 Å². The van der Waals surface area contributed by atoms with E-state index in [2.05, 4.69) is 32.3 Å². The Bertz CT molecular complexity index is 1360. The highest BCUT2D eigenvalue weighted by Gasteiger charge is 2.16. The monoisotopic (exact) mass is 449 g/mol. The van der Waals surface area contributed by atoms with Crippen LogP contribution in [0.15, 0.2) is 49.4 Å². The predicted octanol–water partition coefficient (Wildman–Crippen LogP) is 3.62. The molecule has 0 spiro atoms. The van der Waals surface area contributed by atoms with Gasteiger partial charge in [0.05, 0.1) is 35.7 Å². The molecule has 3 aromatic heterocycles. The first-order valence-electron chi connectivity index (χ1n) is 10.3. The maximum absolute atomic E-state index is 14.8. The van der Waals surface area contributed by atoms with Gasteiger partial charge in [-0.15, -0.1) is 0 Å². The number of carbonyl (C=O) groups is 1. The van der Waals surface area contributed by atoms with Gasteiger partial charge in [0.15, 0.2) is 11.6 Å². The molecule has 0 aliphatic heterocycles. The Hall–Kier alpha value is -4.05. The number of hydrogen-bond acceptors (Lipinski definition) is 6. The lowest BCUT2D eigenvalue weighted by molar-refractivity contribution is -0.111. The van der Waals surface area contributed by atoms with Crippen LogP contribution in [0.3, 0.4) is 0 Å². The number of fused-ring (bicyclic) bond motifs is 1. The molecule has 0 saturated carbocycles. The molecule has 1 amide bonds. The molecule has 1 aromatic carbocycles. The van der Waals surface area contributed by atoms with Crippen molar-refractivity contribution < 1.29 is 14.3 Å². The lowest BCUT2D eigenvalue weighted by Crippen LogP contribution is -2.12. The quantitative estimate of drug-likeness (QED) is 0.372. The zero-order valence-corrected chi connectivity index (χ0v) is 18.5. The number of benzene rings is 1. The van der Waals surface area contributed by atoms with E-state index in [1.165, 1.54) is 6.08 Å². The number of hydrogen-bond donors (Lipinski definition) is 3. The summed E-state index contributed by atoms with van der Waals surface area (Å²) < 4.78 is 18.0. The maximum Gasteiger partial charge on any atom is 0.247 e. The third kappa shape index (κ3) is 4.60. The second-order valence-electron chi connectivity index (χ2n) is 7.80. The van der Waals surface area contributed by atoms with Gasteiger partial charge < -0.3 is 15.7 Å². The number of anilines is 3. The minimum atomic E-state index is -0.581. The normalized spacial score (nSPS) is 12.0. The van der Waals surface area contributed by atoms with E-state index in [1.807, 2.05) is 19.9 Å². The number of nitrogens with one attached hydrogen (secondary N) is 2. The first kappa shape index (κ1) is 22.2. The average molecular weight is 449 g/mol. The molecule has 0 bridgehead atoms. The zero-order valence-electron chi connectivity index (χ0n) is 18.5. The number of halogens is 1. The highest BCUT2D eigenvalue weighted by atomic mass is 19.1. The SMILES string of the molecule is C=CC(=O)Nc1ccc2c(c1)c(C)cn2-c1nc(Nc2cn(C[C@@H](C)O)nc2C)ncc1F. The Labute approximate surface area is 189 Å². The van der Waals surface area contributed by atoms with Gasteiger partial charge in [-0.2, -0.15) is 10.1 Å². The molecule has 0 saturated heterocycles.